The quantitative estimate of drug-likeness (QED) is 0.726. The number of H-pyrrole nitrogens is 1. The Morgan fingerprint density at radius 1 is 1.36 bits per heavy atom. The van der Waals surface area contributed by atoms with Gasteiger partial charge in [0.05, 0.1) is 30.6 Å². The molecule has 2 fully saturated rings. The third kappa shape index (κ3) is 3.68. The van der Waals surface area contributed by atoms with Crippen LogP contribution in [0, 0.1) is 5.82 Å². The molecule has 2 atom stereocenters. The monoisotopic (exact) mass is 458 g/mol. The van der Waals surface area contributed by atoms with E-state index in [0.29, 0.717) is 25.0 Å². The summed E-state index contributed by atoms with van der Waals surface area (Å²) in [5, 5.41) is 10.4. The van der Waals surface area contributed by atoms with Crippen LogP contribution in [0.4, 0.5) is 20.8 Å². The van der Waals surface area contributed by atoms with Gasteiger partial charge in [-0.25, -0.2) is 14.2 Å². The van der Waals surface area contributed by atoms with Gasteiger partial charge in [-0.2, -0.15) is 10.1 Å². The number of urea groups is 1. The van der Waals surface area contributed by atoms with Crippen LogP contribution in [0.1, 0.15) is 51.8 Å². The van der Waals surface area contributed by atoms with Gasteiger partial charge in [-0.1, -0.05) is 0 Å². The first-order chi connectivity index (χ1) is 15.8. The van der Waals surface area contributed by atoms with Crippen LogP contribution in [-0.4, -0.2) is 79.2 Å². The average Bonchev–Trinajstić information content (AvgIpc) is 3.46. The maximum atomic E-state index is 14.3. The molecule has 2 aromatic rings. The van der Waals surface area contributed by atoms with Crippen LogP contribution < -0.4 is 10.1 Å². The fourth-order valence-electron chi connectivity index (χ4n) is 5.28. The number of carbonyl (C=O) groups excluding carboxylic acids is 1. The number of hydrogen-bond acceptors (Lipinski definition) is 7. The highest BCUT2D eigenvalue weighted by molar-refractivity contribution is 5.78. The van der Waals surface area contributed by atoms with E-state index in [0.717, 1.165) is 43.5 Å². The Kier molecular flexibility index (Phi) is 5.38. The van der Waals surface area contributed by atoms with Gasteiger partial charge in [0.2, 0.25) is 0 Å². The van der Waals surface area contributed by atoms with Crippen LogP contribution in [-0.2, 0) is 12.1 Å². The molecule has 33 heavy (non-hydrogen) atoms. The summed E-state index contributed by atoms with van der Waals surface area (Å²) < 4.78 is 19.6. The number of rotatable bonds is 4. The highest BCUT2D eigenvalue weighted by atomic mass is 19.1. The predicted octanol–water partition coefficient (Wildman–Crippen LogP) is 2.82. The van der Waals surface area contributed by atoms with E-state index in [-0.39, 0.29) is 23.9 Å². The van der Waals surface area contributed by atoms with Crippen molar-refractivity contribution in [1.29, 1.82) is 0 Å². The minimum atomic E-state index is -0.608. The van der Waals surface area contributed by atoms with Gasteiger partial charge in [0.15, 0.2) is 17.5 Å². The lowest BCUT2D eigenvalue weighted by molar-refractivity contribution is 0.0454. The number of fused-ring (bicyclic) bond motifs is 2. The normalized spacial score (nSPS) is 24.0. The molecule has 0 aliphatic carbocycles. The second-order valence-corrected chi connectivity index (χ2v) is 9.55. The molecule has 3 aliphatic rings. The first kappa shape index (κ1) is 21.9. The molecule has 3 aliphatic heterocycles. The zero-order valence-corrected chi connectivity index (χ0v) is 19.6. The standard InChI is InChI=1S/C22H31FN8O2/c1-5-33-20-24-9-16(23)19(26-20)25-18-15-12-31(22(3,4)17(15)27-28-18)21(32)30-11-14-7-6-8-29(14)10-13(30)2/h9,13-14H,5-8,10-12H2,1-4H3,(H2,24,25,26,27,28)/t13-,14?/m0/s1. The highest BCUT2D eigenvalue weighted by Crippen LogP contribution is 2.42. The Morgan fingerprint density at radius 3 is 2.97 bits per heavy atom. The number of amides is 2. The van der Waals surface area contributed by atoms with Gasteiger partial charge in [0.25, 0.3) is 0 Å². The van der Waals surface area contributed by atoms with Crippen LogP contribution in [0.3, 0.4) is 0 Å². The molecule has 2 N–H and O–H groups in total. The summed E-state index contributed by atoms with van der Waals surface area (Å²) in [6.45, 7) is 11.5. The van der Waals surface area contributed by atoms with Crippen LogP contribution in [0.5, 0.6) is 6.01 Å². The van der Waals surface area contributed by atoms with Crippen LogP contribution in [0.25, 0.3) is 0 Å². The van der Waals surface area contributed by atoms with E-state index in [1.54, 1.807) is 0 Å². The number of carbonyl (C=O) groups is 1. The molecule has 0 spiro atoms. The second kappa shape index (κ2) is 8.12. The summed E-state index contributed by atoms with van der Waals surface area (Å²) in [6, 6.07) is 0.726. The fraction of sp³-hybridized carbons (Fsp3) is 0.636. The number of hydrogen-bond donors (Lipinski definition) is 2. The number of nitrogens with zero attached hydrogens (tertiary/aromatic N) is 6. The molecule has 0 aromatic carbocycles. The maximum Gasteiger partial charge on any atom is 0.321 e. The summed E-state index contributed by atoms with van der Waals surface area (Å²) in [4.78, 5) is 28.0. The highest BCUT2D eigenvalue weighted by Gasteiger charge is 2.47. The van der Waals surface area contributed by atoms with Crippen molar-refractivity contribution in [3.63, 3.8) is 0 Å². The number of halogens is 1. The molecule has 0 bridgehead atoms. The largest absolute Gasteiger partial charge is 0.464 e. The lowest BCUT2D eigenvalue weighted by Crippen LogP contribution is -2.60. The number of anilines is 2. The van der Waals surface area contributed by atoms with Gasteiger partial charge >= 0.3 is 12.0 Å². The molecule has 0 saturated carbocycles. The molecule has 2 amide bonds. The molecule has 5 heterocycles. The Bertz CT molecular complexity index is 1060. The summed E-state index contributed by atoms with van der Waals surface area (Å²) in [7, 11) is 0. The molecule has 10 nitrogen and oxygen atoms in total. The summed E-state index contributed by atoms with van der Waals surface area (Å²) in [5.74, 6) is -0.179. The van der Waals surface area contributed by atoms with E-state index in [9.17, 15) is 9.18 Å². The maximum absolute atomic E-state index is 14.3. The summed E-state index contributed by atoms with van der Waals surface area (Å²) >= 11 is 0. The minimum Gasteiger partial charge on any atom is -0.464 e. The number of aromatic amines is 1. The zero-order chi connectivity index (χ0) is 23.3. The molecular formula is C22H31FN8O2. The van der Waals surface area contributed by atoms with E-state index in [1.807, 2.05) is 30.6 Å². The van der Waals surface area contributed by atoms with Gasteiger partial charge in [-0.3, -0.25) is 10.00 Å². The number of ether oxygens (including phenoxy) is 1. The van der Waals surface area contributed by atoms with E-state index in [2.05, 4.69) is 37.3 Å². The zero-order valence-electron chi connectivity index (χ0n) is 19.6. The summed E-state index contributed by atoms with van der Waals surface area (Å²) in [6.07, 6.45) is 3.41. The Labute approximate surface area is 192 Å². The predicted molar refractivity (Wildman–Crippen MR) is 120 cm³/mol. The number of nitrogens with one attached hydrogen (secondary N) is 2. The van der Waals surface area contributed by atoms with Crippen molar-refractivity contribution < 1.29 is 13.9 Å². The van der Waals surface area contributed by atoms with Gasteiger partial charge in [-0.05, 0) is 47.1 Å². The lowest BCUT2D eigenvalue weighted by atomic mass is 10.0. The van der Waals surface area contributed by atoms with Crippen molar-refractivity contribution in [1.82, 2.24) is 34.9 Å². The molecule has 178 valence electrons. The first-order valence-corrected chi connectivity index (χ1v) is 11.6. The first-order valence-electron chi connectivity index (χ1n) is 11.6. The minimum absolute atomic E-state index is 0.0173. The Morgan fingerprint density at radius 2 is 2.18 bits per heavy atom. The third-order valence-corrected chi connectivity index (χ3v) is 7.12. The van der Waals surface area contributed by atoms with E-state index < -0.39 is 11.4 Å². The van der Waals surface area contributed by atoms with Crippen molar-refractivity contribution in [3.8, 4) is 6.01 Å². The lowest BCUT2D eigenvalue weighted by Gasteiger charge is -2.45. The van der Waals surface area contributed by atoms with Crippen molar-refractivity contribution in [2.75, 3.05) is 31.6 Å². The van der Waals surface area contributed by atoms with E-state index >= 15 is 0 Å². The Balaban J connectivity index is 1.37. The smallest absolute Gasteiger partial charge is 0.321 e. The van der Waals surface area contributed by atoms with Gasteiger partial charge in [0, 0.05) is 30.7 Å². The van der Waals surface area contributed by atoms with Gasteiger partial charge < -0.3 is 19.9 Å². The van der Waals surface area contributed by atoms with Crippen LogP contribution >= 0.6 is 0 Å². The Hall–Kier alpha value is -2.95. The van der Waals surface area contributed by atoms with E-state index in [1.165, 1.54) is 6.42 Å². The fourth-order valence-corrected chi connectivity index (χ4v) is 5.28. The molecule has 2 saturated heterocycles. The van der Waals surface area contributed by atoms with Crippen molar-refractivity contribution in [2.45, 2.75) is 64.7 Å². The third-order valence-electron chi connectivity index (χ3n) is 7.12. The second-order valence-electron chi connectivity index (χ2n) is 9.55. The SMILES string of the molecule is CCOc1ncc(F)c(Nc2n[nH]c3c2CN(C(=O)N2CC4CCCN4C[C@@H]2C)C3(C)C)n1. The van der Waals surface area contributed by atoms with Crippen molar-refractivity contribution in [2.24, 2.45) is 0 Å². The summed E-state index contributed by atoms with van der Waals surface area (Å²) in [5.41, 5.74) is 1.09. The number of aromatic nitrogens is 4. The molecule has 2 aromatic heterocycles. The molecular weight excluding hydrogens is 427 g/mol. The average molecular weight is 459 g/mol. The molecule has 0 radical (unpaired) electrons. The molecule has 11 heteroatoms. The topological polar surface area (TPSA) is 103 Å². The van der Waals surface area contributed by atoms with Crippen molar-refractivity contribution >= 4 is 17.7 Å². The molecule has 1 unspecified atom stereocenters. The van der Waals surface area contributed by atoms with Crippen LogP contribution in [0.15, 0.2) is 6.20 Å². The van der Waals surface area contributed by atoms with Crippen LogP contribution in [0.2, 0.25) is 0 Å². The van der Waals surface area contributed by atoms with Crippen molar-refractivity contribution in [3.05, 3.63) is 23.3 Å². The molecule has 5 rings (SSSR count). The number of piperazine rings is 1. The van der Waals surface area contributed by atoms with E-state index in [4.69, 9.17) is 4.74 Å². The van der Waals surface area contributed by atoms with Gasteiger partial charge in [0.1, 0.15) is 0 Å². The van der Waals surface area contributed by atoms with Gasteiger partial charge in [-0.15, -0.1) is 0 Å².